The monoisotopic (exact) mass is 196 g/mol. The first-order valence-corrected chi connectivity index (χ1v) is 6.21. The predicted octanol–water partition coefficient (Wildman–Crippen LogP) is 1.86. The summed E-state index contributed by atoms with van der Waals surface area (Å²) in [7, 11) is 2.31. The highest BCUT2D eigenvalue weighted by Crippen LogP contribution is 2.26. The van der Waals surface area contributed by atoms with E-state index in [0.29, 0.717) is 6.04 Å². The van der Waals surface area contributed by atoms with Gasteiger partial charge in [0.15, 0.2) is 0 Å². The Labute approximate surface area is 88.1 Å². The van der Waals surface area contributed by atoms with Gasteiger partial charge in [-0.2, -0.15) is 0 Å². The Kier molecular flexibility index (Phi) is 3.45. The van der Waals surface area contributed by atoms with Gasteiger partial charge in [0.2, 0.25) is 0 Å². The van der Waals surface area contributed by atoms with Gasteiger partial charge in [0.1, 0.15) is 0 Å². The van der Waals surface area contributed by atoms with Gasteiger partial charge in [-0.25, -0.2) is 0 Å². The van der Waals surface area contributed by atoms with Crippen LogP contribution in [0.4, 0.5) is 0 Å². The molecule has 14 heavy (non-hydrogen) atoms. The van der Waals surface area contributed by atoms with Crippen molar-refractivity contribution in [2.75, 3.05) is 20.1 Å². The maximum absolute atomic E-state index is 3.53. The molecule has 0 radical (unpaired) electrons. The van der Waals surface area contributed by atoms with Crippen molar-refractivity contribution in [3.05, 3.63) is 0 Å². The first kappa shape index (κ1) is 10.4. The van der Waals surface area contributed by atoms with Crippen LogP contribution >= 0.6 is 0 Å². The van der Waals surface area contributed by atoms with Crippen molar-refractivity contribution in [1.29, 1.82) is 0 Å². The largest absolute Gasteiger partial charge is 0.313 e. The molecule has 0 aromatic heterocycles. The lowest BCUT2D eigenvalue weighted by Gasteiger charge is -2.29. The standard InChI is InChI=1S/C12H24N2/c1-10-12(7-8-13-10)14(2)9-11-5-3-4-6-11/h10-13H,3-9H2,1-2H3. The van der Waals surface area contributed by atoms with Crippen molar-refractivity contribution in [1.82, 2.24) is 10.2 Å². The van der Waals surface area contributed by atoms with E-state index in [2.05, 4.69) is 24.2 Å². The fourth-order valence-corrected chi connectivity index (χ4v) is 3.18. The van der Waals surface area contributed by atoms with Gasteiger partial charge in [-0.3, -0.25) is 0 Å². The summed E-state index contributed by atoms with van der Waals surface area (Å²) in [5.74, 6) is 0.993. The van der Waals surface area contributed by atoms with Crippen molar-refractivity contribution in [2.24, 2.45) is 5.92 Å². The van der Waals surface area contributed by atoms with Gasteiger partial charge < -0.3 is 10.2 Å². The third-order valence-electron chi connectivity index (χ3n) is 4.07. The van der Waals surface area contributed by atoms with Crippen LogP contribution in [0.15, 0.2) is 0 Å². The summed E-state index contributed by atoms with van der Waals surface area (Å²) >= 11 is 0. The van der Waals surface area contributed by atoms with Crippen molar-refractivity contribution in [3.8, 4) is 0 Å². The minimum Gasteiger partial charge on any atom is -0.313 e. The Balaban J connectivity index is 1.78. The molecule has 1 N–H and O–H groups in total. The molecule has 2 heteroatoms. The molecule has 2 fully saturated rings. The minimum absolute atomic E-state index is 0.696. The normalized spacial score (nSPS) is 34.5. The Bertz CT molecular complexity index is 175. The molecule has 0 aromatic carbocycles. The molecule has 2 rings (SSSR count). The molecule has 2 atom stereocenters. The van der Waals surface area contributed by atoms with E-state index in [1.807, 2.05) is 0 Å². The predicted molar refractivity (Wildman–Crippen MR) is 60.5 cm³/mol. The van der Waals surface area contributed by atoms with E-state index in [1.54, 1.807) is 0 Å². The molecule has 0 amide bonds. The second-order valence-electron chi connectivity index (χ2n) is 5.19. The van der Waals surface area contributed by atoms with Gasteiger partial charge >= 0.3 is 0 Å². The van der Waals surface area contributed by atoms with Crippen molar-refractivity contribution < 1.29 is 0 Å². The third-order valence-corrected chi connectivity index (χ3v) is 4.07. The topological polar surface area (TPSA) is 15.3 Å². The number of nitrogens with one attached hydrogen (secondary N) is 1. The van der Waals surface area contributed by atoms with Crippen molar-refractivity contribution >= 4 is 0 Å². The number of rotatable bonds is 3. The molecule has 1 aliphatic carbocycles. The molecule has 82 valence electrons. The Morgan fingerprint density at radius 2 is 1.93 bits per heavy atom. The lowest BCUT2D eigenvalue weighted by molar-refractivity contribution is 0.196. The van der Waals surface area contributed by atoms with E-state index < -0.39 is 0 Å². The second-order valence-corrected chi connectivity index (χ2v) is 5.19. The van der Waals surface area contributed by atoms with Gasteiger partial charge in [-0.15, -0.1) is 0 Å². The molecular weight excluding hydrogens is 172 g/mol. The van der Waals surface area contributed by atoms with E-state index in [9.17, 15) is 0 Å². The van der Waals surface area contributed by atoms with Gasteiger partial charge in [-0.1, -0.05) is 12.8 Å². The molecule has 1 aliphatic heterocycles. The van der Waals surface area contributed by atoms with Crippen molar-refractivity contribution in [2.45, 2.75) is 51.1 Å². The summed E-state index contributed by atoms with van der Waals surface area (Å²) in [6.07, 6.45) is 7.22. The molecule has 0 spiro atoms. The lowest BCUT2D eigenvalue weighted by atomic mass is 10.0. The maximum Gasteiger partial charge on any atom is 0.0255 e. The van der Waals surface area contributed by atoms with Gasteiger partial charge in [0.25, 0.3) is 0 Å². The molecular formula is C12H24N2. The maximum atomic E-state index is 3.53. The first-order valence-electron chi connectivity index (χ1n) is 6.21. The molecule has 1 saturated heterocycles. The Morgan fingerprint density at radius 3 is 2.50 bits per heavy atom. The summed E-state index contributed by atoms with van der Waals surface area (Å²) in [6.45, 7) is 4.86. The molecule has 0 bridgehead atoms. The van der Waals surface area contributed by atoms with E-state index in [1.165, 1.54) is 45.2 Å². The third kappa shape index (κ3) is 2.29. The summed E-state index contributed by atoms with van der Waals surface area (Å²) in [6, 6.07) is 1.48. The van der Waals surface area contributed by atoms with E-state index >= 15 is 0 Å². The average molecular weight is 196 g/mol. The van der Waals surface area contributed by atoms with Crippen LogP contribution in [0.2, 0.25) is 0 Å². The van der Waals surface area contributed by atoms with Crippen LogP contribution in [0.25, 0.3) is 0 Å². The van der Waals surface area contributed by atoms with Gasteiger partial charge in [-0.05, 0) is 45.7 Å². The number of likely N-dealkylation sites (N-methyl/N-ethyl adjacent to an activating group) is 1. The van der Waals surface area contributed by atoms with Crippen LogP contribution in [0.1, 0.15) is 39.0 Å². The van der Waals surface area contributed by atoms with Crippen LogP contribution in [0.3, 0.4) is 0 Å². The summed E-state index contributed by atoms with van der Waals surface area (Å²) in [5, 5.41) is 3.53. The van der Waals surface area contributed by atoms with Crippen LogP contribution in [0, 0.1) is 5.92 Å². The Hall–Kier alpha value is -0.0800. The average Bonchev–Trinajstić information content (AvgIpc) is 2.75. The molecule has 2 nitrogen and oxygen atoms in total. The zero-order valence-electron chi connectivity index (χ0n) is 9.63. The fraction of sp³-hybridized carbons (Fsp3) is 1.00. The number of nitrogens with zero attached hydrogens (tertiary/aromatic N) is 1. The highest BCUT2D eigenvalue weighted by Gasteiger charge is 2.28. The highest BCUT2D eigenvalue weighted by atomic mass is 15.2. The first-order chi connectivity index (χ1) is 6.77. The minimum atomic E-state index is 0.696. The molecule has 1 saturated carbocycles. The Morgan fingerprint density at radius 1 is 1.21 bits per heavy atom. The van der Waals surface area contributed by atoms with Gasteiger partial charge in [0, 0.05) is 18.6 Å². The van der Waals surface area contributed by atoms with E-state index in [4.69, 9.17) is 0 Å². The van der Waals surface area contributed by atoms with E-state index in [-0.39, 0.29) is 0 Å². The lowest BCUT2D eigenvalue weighted by Crippen LogP contribution is -2.41. The van der Waals surface area contributed by atoms with Crippen LogP contribution in [-0.4, -0.2) is 37.1 Å². The molecule has 1 heterocycles. The van der Waals surface area contributed by atoms with Gasteiger partial charge in [0.05, 0.1) is 0 Å². The second kappa shape index (κ2) is 4.63. The molecule has 2 aliphatic rings. The molecule has 2 unspecified atom stereocenters. The summed E-state index contributed by atoms with van der Waals surface area (Å²) in [4.78, 5) is 2.60. The number of hydrogen-bond acceptors (Lipinski definition) is 2. The van der Waals surface area contributed by atoms with Crippen LogP contribution in [-0.2, 0) is 0 Å². The zero-order valence-corrected chi connectivity index (χ0v) is 9.63. The summed E-state index contributed by atoms with van der Waals surface area (Å²) < 4.78 is 0. The highest BCUT2D eigenvalue weighted by molar-refractivity contribution is 4.87. The van der Waals surface area contributed by atoms with Crippen LogP contribution in [0.5, 0.6) is 0 Å². The quantitative estimate of drug-likeness (QED) is 0.741. The fourth-order valence-electron chi connectivity index (χ4n) is 3.18. The zero-order chi connectivity index (χ0) is 9.97. The van der Waals surface area contributed by atoms with Crippen LogP contribution < -0.4 is 5.32 Å². The molecule has 0 aromatic rings. The number of hydrogen-bond donors (Lipinski definition) is 1. The SMILES string of the molecule is CC1NCCC1N(C)CC1CCCC1. The smallest absolute Gasteiger partial charge is 0.0255 e. The summed E-state index contributed by atoms with van der Waals surface area (Å²) in [5.41, 5.74) is 0. The van der Waals surface area contributed by atoms with Crippen molar-refractivity contribution in [3.63, 3.8) is 0 Å². The van der Waals surface area contributed by atoms with E-state index in [0.717, 1.165) is 12.0 Å².